The fourth-order valence-electron chi connectivity index (χ4n) is 1.68. The minimum Gasteiger partial charge on any atom is -0.360 e. The molecule has 68 valence electrons. The number of aromatic nitrogens is 1. The van der Waals surface area contributed by atoms with Crippen LogP contribution in [0, 0.1) is 0 Å². The smallest absolute Gasteiger partial charge is 0.0468 e. The Morgan fingerprint density at radius 1 is 1.38 bits per heavy atom. The van der Waals surface area contributed by atoms with Crippen LogP contribution in [0.15, 0.2) is 29.3 Å². The van der Waals surface area contributed by atoms with Crippen LogP contribution in [0.5, 0.6) is 0 Å². The van der Waals surface area contributed by atoms with Gasteiger partial charge in [0.2, 0.25) is 0 Å². The van der Waals surface area contributed by atoms with Gasteiger partial charge in [-0.1, -0.05) is 19.1 Å². The Bertz CT molecular complexity index is 417. The summed E-state index contributed by atoms with van der Waals surface area (Å²) in [6.07, 6.45) is 5.31. The monoisotopic (exact) mass is 191 g/mol. The van der Waals surface area contributed by atoms with Gasteiger partial charge in [0.05, 0.1) is 0 Å². The number of nitrogens with one attached hydrogen (secondary N) is 1. The zero-order valence-electron chi connectivity index (χ0n) is 7.92. The summed E-state index contributed by atoms with van der Waals surface area (Å²) in [4.78, 5) is 4.65. The number of benzene rings is 1. The molecular weight excluding hydrogens is 178 g/mol. The Labute approximate surface area is 82.5 Å². The second kappa shape index (κ2) is 3.46. The van der Waals surface area contributed by atoms with Crippen LogP contribution in [-0.4, -0.2) is 11.2 Å². The van der Waals surface area contributed by atoms with Crippen LogP contribution in [0.1, 0.15) is 12.5 Å². The molecule has 0 fully saturated rings. The first-order valence-electron chi connectivity index (χ1n) is 4.49. The lowest BCUT2D eigenvalue weighted by atomic mass is 10.1. The molecule has 0 atom stereocenters. The number of thioether (sulfide) groups is 1. The van der Waals surface area contributed by atoms with Crippen molar-refractivity contribution in [1.82, 2.24) is 4.98 Å². The SMILES string of the molecule is CCc1cccc2[nH]cc(SC)c12. The van der Waals surface area contributed by atoms with Gasteiger partial charge in [-0.05, 0) is 24.3 Å². The summed E-state index contributed by atoms with van der Waals surface area (Å²) in [6, 6.07) is 6.45. The zero-order valence-corrected chi connectivity index (χ0v) is 8.74. The number of fused-ring (bicyclic) bond motifs is 1. The maximum absolute atomic E-state index is 3.29. The van der Waals surface area contributed by atoms with E-state index in [0.29, 0.717) is 0 Å². The van der Waals surface area contributed by atoms with Crippen LogP contribution in [0.3, 0.4) is 0 Å². The molecular formula is C11H13NS. The van der Waals surface area contributed by atoms with Crippen molar-refractivity contribution in [2.24, 2.45) is 0 Å². The molecule has 0 aliphatic heterocycles. The van der Waals surface area contributed by atoms with E-state index in [9.17, 15) is 0 Å². The molecule has 0 saturated heterocycles. The average molecular weight is 191 g/mol. The molecule has 1 aromatic heterocycles. The first-order valence-corrected chi connectivity index (χ1v) is 5.72. The largest absolute Gasteiger partial charge is 0.360 e. The van der Waals surface area contributed by atoms with Gasteiger partial charge in [-0.25, -0.2) is 0 Å². The van der Waals surface area contributed by atoms with Crippen molar-refractivity contribution in [3.63, 3.8) is 0 Å². The summed E-state index contributed by atoms with van der Waals surface area (Å²) in [5, 5.41) is 1.40. The Hall–Kier alpha value is -0.890. The molecule has 1 aromatic carbocycles. The van der Waals surface area contributed by atoms with Crippen LogP contribution >= 0.6 is 11.8 Å². The summed E-state index contributed by atoms with van der Waals surface area (Å²) in [7, 11) is 0. The van der Waals surface area contributed by atoms with Crippen molar-refractivity contribution < 1.29 is 0 Å². The number of hydrogen-bond donors (Lipinski definition) is 1. The Morgan fingerprint density at radius 3 is 2.92 bits per heavy atom. The van der Waals surface area contributed by atoms with Gasteiger partial charge in [-0.15, -0.1) is 11.8 Å². The van der Waals surface area contributed by atoms with Gasteiger partial charge >= 0.3 is 0 Å². The third kappa shape index (κ3) is 1.35. The molecule has 2 aromatic rings. The Kier molecular flexibility index (Phi) is 2.32. The second-order valence-electron chi connectivity index (χ2n) is 3.05. The van der Waals surface area contributed by atoms with E-state index in [1.807, 2.05) is 0 Å². The number of hydrogen-bond acceptors (Lipinski definition) is 1. The lowest BCUT2D eigenvalue weighted by Gasteiger charge is -2.00. The molecule has 0 aliphatic carbocycles. The minimum atomic E-state index is 1.10. The van der Waals surface area contributed by atoms with Crippen LogP contribution in [0.25, 0.3) is 10.9 Å². The van der Waals surface area contributed by atoms with E-state index in [1.54, 1.807) is 11.8 Å². The summed E-state index contributed by atoms with van der Waals surface area (Å²) < 4.78 is 0. The van der Waals surface area contributed by atoms with Crippen molar-refractivity contribution in [2.75, 3.05) is 6.26 Å². The molecule has 0 saturated carbocycles. The lowest BCUT2D eigenvalue weighted by Crippen LogP contribution is -1.81. The summed E-state index contributed by atoms with van der Waals surface area (Å²) in [5.41, 5.74) is 2.69. The first-order chi connectivity index (χ1) is 6.36. The van der Waals surface area contributed by atoms with Crippen molar-refractivity contribution >= 4 is 22.7 Å². The number of aromatic amines is 1. The van der Waals surface area contributed by atoms with Crippen LogP contribution in [0.4, 0.5) is 0 Å². The summed E-state index contributed by atoms with van der Waals surface area (Å²) in [5.74, 6) is 0. The lowest BCUT2D eigenvalue weighted by molar-refractivity contribution is 1.16. The van der Waals surface area contributed by atoms with E-state index < -0.39 is 0 Å². The number of aryl methyl sites for hydroxylation is 1. The molecule has 0 bridgehead atoms. The third-order valence-corrected chi connectivity index (χ3v) is 3.12. The standard InChI is InChI=1S/C11H13NS/c1-3-8-5-4-6-9-11(8)10(13-2)7-12-9/h4-7,12H,3H2,1-2H3. The normalized spacial score (nSPS) is 10.9. The van der Waals surface area contributed by atoms with Crippen molar-refractivity contribution in [3.8, 4) is 0 Å². The Morgan fingerprint density at radius 2 is 2.23 bits per heavy atom. The minimum absolute atomic E-state index is 1.10. The van der Waals surface area contributed by atoms with E-state index in [4.69, 9.17) is 0 Å². The zero-order chi connectivity index (χ0) is 9.26. The molecule has 2 rings (SSSR count). The van der Waals surface area contributed by atoms with Crippen molar-refractivity contribution in [1.29, 1.82) is 0 Å². The maximum atomic E-state index is 3.29. The number of H-pyrrole nitrogens is 1. The van der Waals surface area contributed by atoms with Gasteiger partial charge < -0.3 is 4.98 Å². The molecule has 1 N–H and O–H groups in total. The first kappa shape index (κ1) is 8.70. The van der Waals surface area contributed by atoms with E-state index in [-0.39, 0.29) is 0 Å². The van der Waals surface area contributed by atoms with E-state index in [1.165, 1.54) is 21.4 Å². The third-order valence-electron chi connectivity index (χ3n) is 2.36. The topological polar surface area (TPSA) is 15.8 Å². The highest BCUT2D eigenvalue weighted by molar-refractivity contribution is 7.98. The maximum Gasteiger partial charge on any atom is 0.0468 e. The predicted octanol–water partition coefficient (Wildman–Crippen LogP) is 3.45. The molecule has 1 heterocycles. The molecule has 0 radical (unpaired) electrons. The van der Waals surface area contributed by atoms with E-state index >= 15 is 0 Å². The van der Waals surface area contributed by atoms with Gasteiger partial charge in [0.15, 0.2) is 0 Å². The molecule has 0 aliphatic rings. The van der Waals surface area contributed by atoms with Gasteiger partial charge in [0, 0.05) is 22.0 Å². The quantitative estimate of drug-likeness (QED) is 0.719. The number of rotatable bonds is 2. The Balaban J connectivity index is 2.76. The molecule has 2 heteroatoms. The van der Waals surface area contributed by atoms with Gasteiger partial charge in [0.1, 0.15) is 0 Å². The fourth-order valence-corrected chi connectivity index (χ4v) is 2.30. The van der Waals surface area contributed by atoms with Gasteiger partial charge in [-0.3, -0.25) is 0 Å². The molecule has 13 heavy (non-hydrogen) atoms. The predicted molar refractivity (Wildman–Crippen MR) is 59.5 cm³/mol. The van der Waals surface area contributed by atoms with Crippen LogP contribution in [-0.2, 0) is 6.42 Å². The molecule has 0 amide bonds. The van der Waals surface area contributed by atoms with Crippen molar-refractivity contribution in [2.45, 2.75) is 18.2 Å². The van der Waals surface area contributed by atoms with Crippen LogP contribution < -0.4 is 0 Å². The van der Waals surface area contributed by atoms with Crippen molar-refractivity contribution in [3.05, 3.63) is 30.0 Å². The van der Waals surface area contributed by atoms with Gasteiger partial charge in [0.25, 0.3) is 0 Å². The second-order valence-corrected chi connectivity index (χ2v) is 3.90. The summed E-state index contributed by atoms with van der Waals surface area (Å²) in [6.45, 7) is 2.20. The fraction of sp³-hybridized carbons (Fsp3) is 0.273. The van der Waals surface area contributed by atoms with E-state index in [0.717, 1.165) is 6.42 Å². The molecule has 1 nitrogen and oxygen atoms in total. The summed E-state index contributed by atoms with van der Waals surface area (Å²) >= 11 is 1.80. The molecule has 0 spiro atoms. The average Bonchev–Trinajstić information content (AvgIpc) is 2.60. The highest BCUT2D eigenvalue weighted by Gasteiger charge is 2.05. The molecule has 0 unspecified atom stereocenters. The van der Waals surface area contributed by atoms with Crippen LogP contribution in [0.2, 0.25) is 0 Å². The highest BCUT2D eigenvalue weighted by Crippen LogP contribution is 2.29. The highest BCUT2D eigenvalue weighted by atomic mass is 32.2. The van der Waals surface area contributed by atoms with E-state index in [2.05, 4.69) is 42.6 Å². The van der Waals surface area contributed by atoms with Gasteiger partial charge in [-0.2, -0.15) is 0 Å².